The summed E-state index contributed by atoms with van der Waals surface area (Å²) in [4.78, 5) is 30.1. The van der Waals surface area contributed by atoms with Crippen LogP contribution in [0, 0.1) is 5.92 Å². The van der Waals surface area contributed by atoms with Crippen molar-refractivity contribution in [1.82, 2.24) is 14.9 Å². The van der Waals surface area contributed by atoms with Crippen LogP contribution in [0.15, 0.2) is 46.3 Å². The lowest BCUT2D eigenvalue weighted by Gasteiger charge is -2.21. The maximum Gasteiger partial charge on any atom is 0.262 e. The second-order valence-corrected chi connectivity index (χ2v) is 8.70. The predicted octanol–water partition coefficient (Wildman–Crippen LogP) is 4.36. The number of benzene rings is 2. The molecular weight excluding hydrogens is 382 g/mol. The molecule has 2 aromatic carbocycles. The third kappa shape index (κ3) is 4.47. The van der Waals surface area contributed by atoms with Crippen LogP contribution in [0.3, 0.4) is 0 Å². The molecule has 1 amide bonds. The molecule has 0 bridgehead atoms. The van der Waals surface area contributed by atoms with E-state index < -0.39 is 0 Å². The van der Waals surface area contributed by atoms with Gasteiger partial charge in [-0.05, 0) is 48.6 Å². The van der Waals surface area contributed by atoms with Gasteiger partial charge in [-0.1, -0.05) is 55.3 Å². The van der Waals surface area contributed by atoms with Gasteiger partial charge < -0.3 is 5.32 Å². The fourth-order valence-electron chi connectivity index (χ4n) is 4.11. The Hall–Kier alpha value is -2.34. The summed E-state index contributed by atoms with van der Waals surface area (Å²) >= 11 is 1.34. The number of aromatic nitrogens is 2. The highest BCUT2D eigenvalue weighted by atomic mass is 32.2. The van der Waals surface area contributed by atoms with Gasteiger partial charge in [-0.2, -0.15) is 0 Å². The summed E-state index contributed by atoms with van der Waals surface area (Å²) in [7, 11) is 0. The van der Waals surface area contributed by atoms with Crippen molar-refractivity contribution in [3.8, 4) is 0 Å². The van der Waals surface area contributed by atoms with E-state index in [1.165, 1.54) is 43.9 Å². The molecule has 1 aromatic heterocycles. The Kier molecular flexibility index (Phi) is 6.19. The number of hydrogen-bond acceptors (Lipinski definition) is 4. The number of carbonyl (C=O) groups is 1. The van der Waals surface area contributed by atoms with Gasteiger partial charge >= 0.3 is 0 Å². The van der Waals surface area contributed by atoms with Crippen LogP contribution in [0.2, 0.25) is 0 Å². The van der Waals surface area contributed by atoms with Crippen molar-refractivity contribution >= 4 is 39.3 Å². The minimum absolute atomic E-state index is 0.0103. The first-order valence-corrected chi connectivity index (χ1v) is 11.5. The topological polar surface area (TPSA) is 64.0 Å². The lowest BCUT2D eigenvalue weighted by atomic mass is 9.89. The summed E-state index contributed by atoms with van der Waals surface area (Å²) in [5.41, 5.74) is 0.636. The van der Waals surface area contributed by atoms with Gasteiger partial charge in [0.1, 0.15) is 0 Å². The Morgan fingerprint density at radius 1 is 1.17 bits per heavy atom. The van der Waals surface area contributed by atoms with Crippen molar-refractivity contribution in [2.75, 3.05) is 12.3 Å². The van der Waals surface area contributed by atoms with Gasteiger partial charge in [0.25, 0.3) is 5.56 Å². The smallest absolute Gasteiger partial charge is 0.262 e. The normalized spacial score (nSPS) is 15.1. The average molecular weight is 410 g/mol. The Bertz CT molecular complexity index is 1090. The Morgan fingerprint density at radius 2 is 1.90 bits per heavy atom. The van der Waals surface area contributed by atoms with Gasteiger partial charge in [0.05, 0.1) is 16.7 Å². The minimum Gasteiger partial charge on any atom is -0.355 e. The van der Waals surface area contributed by atoms with Gasteiger partial charge in [-0.15, -0.1) is 0 Å². The Labute approximate surface area is 174 Å². The zero-order valence-electron chi connectivity index (χ0n) is 16.8. The van der Waals surface area contributed by atoms with E-state index in [1.54, 1.807) is 4.57 Å². The van der Waals surface area contributed by atoms with Crippen molar-refractivity contribution < 1.29 is 4.79 Å². The van der Waals surface area contributed by atoms with E-state index in [0.29, 0.717) is 28.5 Å². The van der Waals surface area contributed by atoms with Gasteiger partial charge in [-0.25, -0.2) is 4.98 Å². The van der Waals surface area contributed by atoms with Crippen LogP contribution in [0.4, 0.5) is 0 Å². The lowest BCUT2D eigenvalue weighted by molar-refractivity contribution is -0.118. The SMILES string of the molecule is CCn1c(SCC(=O)NCC2CCCCC2)nc2cc3ccccc3cc2c1=O. The first-order chi connectivity index (χ1) is 14.2. The van der Waals surface area contributed by atoms with E-state index >= 15 is 0 Å². The number of nitrogens with zero attached hydrogens (tertiary/aromatic N) is 2. The summed E-state index contributed by atoms with van der Waals surface area (Å²) in [5.74, 6) is 0.896. The second-order valence-electron chi connectivity index (χ2n) is 7.76. The Morgan fingerprint density at radius 3 is 2.62 bits per heavy atom. The molecule has 5 nitrogen and oxygen atoms in total. The van der Waals surface area contributed by atoms with E-state index in [4.69, 9.17) is 4.98 Å². The molecule has 1 saturated carbocycles. The number of carbonyl (C=O) groups excluding carboxylic acids is 1. The van der Waals surface area contributed by atoms with Crippen LogP contribution in [0.25, 0.3) is 21.7 Å². The van der Waals surface area contributed by atoms with Gasteiger partial charge in [-0.3, -0.25) is 14.2 Å². The van der Waals surface area contributed by atoms with Crippen LogP contribution < -0.4 is 10.9 Å². The second kappa shape index (κ2) is 8.99. The van der Waals surface area contributed by atoms with E-state index in [0.717, 1.165) is 17.3 Å². The maximum absolute atomic E-state index is 13.0. The highest BCUT2D eigenvalue weighted by Gasteiger charge is 2.16. The molecule has 0 spiro atoms. The molecule has 1 aliphatic rings. The molecule has 3 aromatic rings. The molecule has 152 valence electrons. The fraction of sp³-hybridized carbons (Fsp3) is 0.435. The first-order valence-electron chi connectivity index (χ1n) is 10.5. The number of amides is 1. The van der Waals surface area contributed by atoms with Crippen molar-refractivity contribution in [2.45, 2.75) is 50.7 Å². The summed E-state index contributed by atoms with van der Waals surface area (Å²) in [6.07, 6.45) is 6.28. The molecule has 1 fully saturated rings. The van der Waals surface area contributed by atoms with Crippen LogP contribution in [0.1, 0.15) is 39.0 Å². The van der Waals surface area contributed by atoms with E-state index in [1.807, 2.05) is 43.3 Å². The molecule has 0 radical (unpaired) electrons. The molecule has 1 heterocycles. The zero-order valence-corrected chi connectivity index (χ0v) is 17.6. The fourth-order valence-corrected chi connectivity index (χ4v) is 5.00. The van der Waals surface area contributed by atoms with Crippen LogP contribution in [-0.4, -0.2) is 27.8 Å². The molecule has 0 atom stereocenters. The third-order valence-corrected chi connectivity index (χ3v) is 6.72. The molecule has 1 aliphatic carbocycles. The van der Waals surface area contributed by atoms with Crippen molar-refractivity contribution in [1.29, 1.82) is 0 Å². The number of rotatable bonds is 6. The summed E-state index contributed by atoms with van der Waals surface area (Å²) < 4.78 is 1.66. The summed E-state index contributed by atoms with van der Waals surface area (Å²) in [6.45, 7) is 3.22. The molecule has 6 heteroatoms. The first kappa shape index (κ1) is 20.0. The monoisotopic (exact) mass is 409 g/mol. The molecule has 1 N–H and O–H groups in total. The van der Waals surface area contributed by atoms with Crippen LogP contribution in [0.5, 0.6) is 0 Å². The predicted molar refractivity (Wildman–Crippen MR) is 119 cm³/mol. The largest absolute Gasteiger partial charge is 0.355 e. The van der Waals surface area contributed by atoms with Crippen molar-refractivity contribution in [3.63, 3.8) is 0 Å². The quantitative estimate of drug-likeness (QED) is 0.373. The molecule has 29 heavy (non-hydrogen) atoms. The zero-order chi connectivity index (χ0) is 20.2. The average Bonchev–Trinajstić information content (AvgIpc) is 2.76. The van der Waals surface area contributed by atoms with Crippen molar-refractivity contribution in [2.24, 2.45) is 5.92 Å². The molecule has 4 rings (SSSR count). The highest BCUT2D eigenvalue weighted by molar-refractivity contribution is 7.99. The van der Waals surface area contributed by atoms with Crippen LogP contribution >= 0.6 is 11.8 Å². The number of fused-ring (bicyclic) bond motifs is 2. The maximum atomic E-state index is 13.0. The van der Waals surface area contributed by atoms with E-state index in [9.17, 15) is 9.59 Å². The lowest BCUT2D eigenvalue weighted by Crippen LogP contribution is -2.31. The minimum atomic E-state index is -0.0478. The number of nitrogens with one attached hydrogen (secondary N) is 1. The van der Waals surface area contributed by atoms with Crippen LogP contribution in [-0.2, 0) is 11.3 Å². The summed E-state index contributed by atoms with van der Waals surface area (Å²) in [5, 5.41) is 6.38. The van der Waals surface area contributed by atoms with Crippen molar-refractivity contribution in [3.05, 3.63) is 46.8 Å². The highest BCUT2D eigenvalue weighted by Crippen LogP contribution is 2.24. The Balaban J connectivity index is 1.52. The molecule has 0 aliphatic heterocycles. The van der Waals surface area contributed by atoms with Gasteiger partial charge in [0.15, 0.2) is 5.16 Å². The van der Waals surface area contributed by atoms with Gasteiger partial charge in [0.2, 0.25) is 5.91 Å². The molecule has 0 unspecified atom stereocenters. The standard InChI is InChI=1S/C23H27N3O2S/c1-2-26-22(28)19-12-17-10-6-7-11-18(17)13-20(19)25-23(26)29-15-21(27)24-14-16-8-4-3-5-9-16/h6-7,10-13,16H,2-5,8-9,14-15H2,1H3,(H,24,27). The van der Waals surface area contributed by atoms with E-state index in [2.05, 4.69) is 5.32 Å². The molecule has 0 saturated heterocycles. The molecular formula is C23H27N3O2S. The number of thioether (sulfide) groups is 1. The van der Waals surface area contributed by atoms with E-state index in [-0.39, 0.29) is 17.2 Å². The number of hydrogen-bond donors (Lipinski definition) is 1. The third-order valence-electron chi connectivity index (χ3n) is 5.75. The summed E-state index contributed by atoms with van der Waals surface area (Å²) in [6, 6.07) is 11.8. The van der Waals surface area contributed by atoms with Gasteiger partial charge in [0, 0.05) is 13.1 Å².